The van der Waals surface area contributed by atoms with Crippen LogP contribution in [0.1, 0.15) is 26.3 Å². The van der Waals surface area contributed by atoms with E-state index in [1.54, 1.807) is 45.0 Å². The van der Waals surface area contributed by atoms with Crippen LogP contribution in [-0.4, -0.2) is 53.5 Å². The third-order valence-corrected chi connectivity index (χ3v) is 3.39. The summed E-state index contributed by atoms with van der Waals surface area (Å²) in [6.45, 7) is 8.72. The van der Waals surface area contributed by atoms with Crippen molar-refractivity contribution in [2.75, 3.05) is 19.0 Å². The van der Waals surface area contributed by atoms with Crippen molar-refractivity contribution >= 4 is 23.8 Å². The Balaban J connectivity index is 2.75. The van der Waals surface area contributed by atoms with Gasteiger partial charge in [-0.25, -0.2) is 14.4 Å². The lowest BCUT2D eigenvalue weighted by Crippen LogP contribution is -2.44. The number of hydrogen-bond donors (Lipinski definition) is 2. The van der Waals surface area contributed by atoms with E-state index >= 15 is 0 Å². The van der Waals surface area contributed by atoms with Crippen LogP contribution >= 0.6 is 0 Å². The van der Waals surface area contributed by atoms with Gasteiger partial charge in [0, 0.05) is 19.2 Å². The summed E-state index contributed by atoms with van der Waals surface area (Å²) in [6.07, 6.45) is 0.161. The molecule has 8 heteroatoms. The molecule has 0 fully saturated rings. The molecular weight excluding hydrogens is 352 g/mol. The highest BCUT2D eigenvalue weighted by molar-refractivity contribution is 5.85. The minimum absolute atomic E-state index is 0.000540. The number of likely N-dealkylation sites (N-methyl/N-ethyl adjacent to an activating group) is 1. The summed E-state index contributed by atoms with van der Waals surface area (Å²) >= 11 is 0. The van der Waals surface area contributed by atoms with Crippen LogP contribution in [0.3, 0.4) is 0 Å². The Morgan fingerprint density at radius 1 is 1.26 bits per heavy atom. The van der Waals surface area contributed by atoms with Gasteiger partial charge in [0.05, 0.1) is 0 Å². The molecule has 0 radical (unpaired) electrons. The van der Waals surface area contributed by atoms with E-state index in [9.17, 15) is 19.5 Å². The van der Waals surface area contributed by atoms with Crippen molar-refractivity contribution in [1.29, 1.82) is 0 Å². The molecule has 1 aromatic rings. The molecule has 0 aliphatic rings. The van der Waals surface area contributed by atoms with Crippen molar-refractivity contribution in [1.82, 2.24) is 4.90 Å². The fourth-order valence-corrected chi connectivity index (χ4v) is 2.12. The van der Waals surface area contributed by atoms with Crippen LogP contribution in [0.25, 0.3) is 0 Å². The van der Waals surface area contributed by atoms with E-state index in [1.165, 1.54) is 13.1 Å². The molecule has 0 aromatic heterocycles. The largest absolute Gasteiger partial charge is 0.480 e. The van der Waals surface area contributed by atoms with Crippen LogP contribution in [0, 0.1) is 0 Å². The second-order valence-electron chi connectivity index (χ2n) is 6.86. The lowest BCUT2D eigenvalue weighted by Gasteiger charge is -2.24. The van der Waals surface area contributed by atoms with Crippen molar-refractivity contribution in [3.63, 3.8) is 0 Å². The molecule has 0 aliphatic carbocycles. The first-order valence-corrected chi connectivity index (χ1v) is 8.35. The molecule has 8 nitrogen and oxygen atoms in total. The van der Waals surface area contributed by atoms with Gasteiger partial charge in [-0.3, -0.25) is 10.2 Å². The van der Waals surface area contributed by atoms with Crippen molar-refractivity contribution in [2.45, 2.75) is 38.8 Å². The van der Waals surface area contributed by atoms with Crippen LogP contribution in [-0.2, 0) is 20.7 Å². The first-order valence-electron chi connectivity index (χ1n) is 8.35. The molecule has 0 heterocycles. The molecule has 0 spiro atoms. The smallest absolute Gasteiger partial charge is 0.412 e. The molecule has 2 amide bonds. The zero-order valence-electron chi connectivity index (χ0n) is 16.0. The van der Waals surface area contributed by atoms with Gasteiger partial charge in [-0.05, 0) is 38.5 Å². The first kappa shape index (κ1) is 22.0. The van der Waals surface area contributed by atoms with Gasteiger partial charge in [-0.1, -0.05) is 24.8 Å². The molecule has 0 saturated heterocycles. The molecule has 0 unspecified atom stereocenters. The van der Waals surface area contributed by atoms with Crippen LogP contribution in [0.5, 0.6) is 0 Å². The fraction of sp³-hybridized carbons (Fsp3) is 0.421. The Kier molecular flexibility index (Phi) is 7.83. The summed E-state index contributed by atoms with van der Waals surface area (Å²) in [5.74, 6) is -1.15. The number of hydrogen-bond acceptors (Lipinski definition) is 5. The number of aliphatic carboxylic acids is 1. The highest BCUT2D eigenvalue weighted by Crippen LogP contribution is 2.15. The van der Waals surface area contributed by atoms with E-state index in [0.29, 0.717) is 11.3 Å². The lowest BCUT2D eigenvalue weighted by molar-refractivity contribution is -0.142. The zero-order chi connectivity index (χ0) is 20.6. The number of carboxylic acid groups (broad SMARTS) is 1. The van der Waals surface area contributed by atoms with E-state index in [2.05, 4.69) is 11.9 Å². The van der Waals surface area contributed by atoms with Crippen molar-refractivity contribution in [2.24, 2.45) is 0 Å². The van der Waals surface area contributed by atoms with E-state index in [-0.39, 0.29) is 13.0 Å². The minimum Gasteiger partial charge on any atom is -0.480 e. The van der Waals surface area contributed by atoms with Crippen LogP contribution < -0.4 is 5.32 Å². The highest BCUT2D eigenvalue weighted by Gasteiger charge is 2.27. The molecule has 1 aromatic carbocycles. The Morgan fingerprint density at radius 3 is 2.33 bits per heavy atom. The Hall–Kier alpha value is -3.03. The van der Waals surface area contributed by atoms with Gasteiger partial charge in [0.25, 0.3) is 0 Å². The molecule has 1 atom stereocenters. The molecular formula is C19H26N2O6. The number of nitrogens with zero attached hydrogens (tertiary/aromatic N) is 1. The van der Waals surface area contributed by atoms with E-state index < -0.39 is 29.8 Å². The van der Waals surface area contributed by atoms with Crippen molar-refractivity contribution in [3.05, 3.63) is 42.5 Å². The third-order valence-electron chi connectivity index (χ3n) is 3.39. The van der Waals surface area contributed by atoms with Crippen molar-refractivity contribution in [3.8, 4) is 0 Å². The predicted molar refractivity (Wildman–Crippen MR) is 101 cm³/mol. The van der Waals surface area contributed by atoms with Gasteiger partial charge >= 0.3 is 18.2 Å². The maximum absolute atomic E-state index is 11.9. The lowest BCUT2D eigenvalue weighted by atomic mass is 10.0. The van der Waals surface area contributed by atoms with Crippen molar-refractivity contribution < 1.29 is 29.0 Å². The second-order valence-corrected chi connectivity index (χ2v) is 6.86. The number of ether oxygens (including phenoxy) is 2. The standard InChI is InChI=1S/C19H26N2O6/c1-6-11-26-18(25)21(5)15(16(22)23)12-13-7-9-14(10-8-13)20-17(24)27-19(2,3)4/h6-10,15H,1,11-12H2,2-5H3,(H,20,24)(H,22,23)/t15-/m0/s1. The number of carbonyl (C=O) groups excluding carboxylic acids is 2. The number of rotatable bonds is 7. The molecule has 0 aliphatic heterocycles. The average Bonchev–Trinajstić information content (AvgIpc) is 2.56. The number of nitrogens with one attached hydrogen (secondary N) is 1. The van der Waals surface area contributed by atoms with Crippen LogP contribution in [0.15, 0.2) is 36.9 Å². The SMILES string of the molecule is C=CCOC(=O)N(C)[C@@H](Cc1ccc(NC(=O)OC(C)(C)C)cc1)C(=O)O. The zero-order valence-corrected chi connectivity index (χ0v) is 16.0. The average molecular weight is 378 g/mol. The van der Waals surface area contributed by atoms with Gasteiger partial charge < -0.3 is 14.6 Å². The van der Waals surface area contributed by atoms with Gasteiger partial charge in [0.1, 0.15) is 18.2 Å². The Labute approximate surface area is 158 Å². The maximum atomic E-state index is 11.9. The van der Waals surface area contributed by atoms with Gasteiger partial charge in [0.2, 0.25) is 0 Å². The predicted octanol–water partition coefficient (Wildman–Crippen LogP) is 3.28. The van der Waals surface area contributed by atoms with E-state index in [0.717, 1.165) is 4.90 Å². The monoisotopic (exact) mass is 378 g/mol. The topological polar surface area (TPSA) is 105 Å². The number of amides is 2. The second kappa shape index (κ2) is 9.61. The first-order chi connectivity index (χ1) is 12.5. The normalized spacial score (nSPS) is 11.9. The van der Waals surface area contributed by atoms with E-state index in [4.69, 9.17) is 9.47 Å². The molecule has 1 rings (SSSR count). The molecule has 0 saturated carbocycles. The fourth-order valence-electron chi connectivity index (χ4n) is 2.12. The summed E-state index contributed by atoms with van der Waals surface area (Å²) in [4.78, 5) is 36.2. The Morgan fingerprint density at radius 2 is 1.85 bits per heavy atom. The number of carboxylic acids is 1. The summed E-state index contributed by atoms with van der Waals surface area (Å²) in [5.41, 5.74) is 0.586. The van der Waals surface area contributed by atoms with E-state index in [1.807, 2.05) is 0 Å². The molecule has 0 bridgehead atoms. The van der Waals surface area contributed by atoms with Crippen LogP contribution in [0.4, 0.5) is 15.3 Å². The summed E-state index contributed by atoms with van der Waals surface area (Å²) in [7, 11) is 1.36. The Bertz CT molecular complexity index is 678. The van der Waals surface area contributed by atoms with Gasteiger partial charge in [0.15, 0.2) is 0 Å². The third kappa shape index (κ3) is 7.81. The maximum Gasteiger partial charge on any atom is 0.412 e. The molecule has 2 N–H and O–H groups in total. The summed E-state index contributed by atoms with van der Waals surface area (Å²) in [6, 6.07) is 5.52. The molecule has 27 heavy (non-hydrogen) atoms. The number of carbonyl (C=O) groups is 3. The highest BCUT2D eigenvalue weighted by atomic mass is 16.6. The number of anilines is 1. The summed E-state index contributed by atoms with van der Waals surface area (Å²) < 4.78 is 10.0. The summed E-state index contributed by atoms with van der Waals surface area (Å²) in [5, 5.41) is 12.0. The van der Waals surface area contributed by atoms with Crippen LogP contribution in [0.2, 0.25) is 0 Å². The molecule has 148 valence electrons. The minimum atomic E-state index is -1.15. The van der Waals surface area contributed by atoms with Gasteiger partial charge in [-0.2, -0.15) is 0 Å². The number of benzene rings is 1. The quantitative estimate of drug-likeness (QED) is 0.706. The van der Waals surface area contributed by atoms with Gasteiger partial charge in [-0.15, -0.1) is 0 Å².